The molecule has 1 aromatic heterocycles. The van der Waals surface area contributed by atoms with E-state index in [1.165, 1.54) is 26.0 Å². The van der Waals surface area contributed by atoms with E-state index in [9.17, 15) is 18.0 Å². The minimum Gasteiger partial charge on any atom is -0.351 e. The summed E-state index contributed by atoms with van der Waals surface area (Å²) in [6.45, 7) is 4.59. The smallest absolute Gasteiger partial charge is 0.351 e. The summed E-state index contributed by atoms with van der Waals surface area (Å²) in [5.74, 6) is -0.732. The molecule has 2 atom stereocenters. The van der Waals surface area contributed by atoms with Crippen LogP contribution < -0.4 is 11.1 Å². The molecule has 0 bridgehead atoms. The van der Waals surface area contributed by atoms with Gasteiger partial charge in [0.2, 0.25) is 5.76 Å². The summed E-state index contributed by atoms with van der Waals surface area (Å²) in [6.07, 6.45) is -1.74. The van der Waals surface area contributed by atoms with E-state index in [1.807, 2.05) is 0 Å². The summed E-state index contributed by atoms with van der Waals surface area (Å²) in [7, 11) is 0. The molecule has 1 aliphatic rings. The number of aromatic nitrogens is 1. The molecule has 1 unspecified atom stereocenters. The molecule has 5 nitrogen and oxygen atoms in total. The van der Waals surface area contributed by atoms with Crippen LogP contribution in [-0.4, -0.2) is 22.8 Å². The second-order valence-electron chi connectivity index (χ2n) is 5.92. The molecule has 2 rings (SSSR count). The average Bonchev–Trinajstić information content (AvgIpc) is 2.90. The van der Waals surface area contributed by atoms with Crippen molar-refractivity contribution in [2.24, 2.45) is 5.73 Å². The van der Waals surface area contributed by atoms with Crippen LogP contribution in [0.4, 0.5) is 13.2 Å². The third kappa shape index (κ3) is 3.82. The lowest BCUT2D eigenvalue weighted by atomic mass is 9.85. The molecule has 3 N–H and O–H groups in total. The normalized spacial score (nSPS) is 23.1. The zero-order chi connectivity index (χ0) is 17.4. The molecule has 1 aromatic rings. The summed E-state index contributed by atoms with van der Waals surface area (Å²) >= 11 is 0. The summed E-state index contributed by atoms with van der Waals surface area (Å²) in [5, 5.41) is 6.20. The van der Waals surface area contributed by atoms with Crippen molar-refractivity contribution in [3.8, 4) is 0 Å². The number of allylic oxidation sites excluding steroid dienone is 2. The Bertz CT molecular complexity index is 674. The number of amides is 1. The zero-order valence-corrected chi connectivity index (χ0v) is 13.0. The van der Waals surface area contributed by atoms with Gasteiger partial charge in [0, 0.05) is 12.1 Å². The molecule has 0 spiro atoms. The number of alkyl halides is 3. The Morgan fingerprint density at radius 2 is 2.17 bits per heavy atom. The molecule has 1 aliphatic carbocycles. The first-order valence-electron chi connectivity index (χ1n) is 7.04. The molecule has 126 valence electrons. The van der Waals surface area contributed by atoms with Crippen LogP contribution in [-0.2, 0) is 0 Å². The van der Waals surface area contributed by atoms with Crippen LogP contribution in [0.1, 0.15) is 49.5 Å². The van der Waals surface area contributed by atoms with Crippen LogP contribution in [0.2, 0.25) is 0 Å². The van der Waals surface area contributed by atoms with Gasteiger partial charge < -0.3 is 15.6 Å². The Kier molecular flexibility index (Phi) is 4.39. The largest absolute Gasteiger partial charge is 0.416 e. The van der Waals surface area contributed by atoms with Gasteiger partial charge in [-0.25, -0.2) is 0 Å². The molecule has 1 heterocycles. The SMILES string of the molecule is CC1=CCC(C)(NC(=O)c2cc([C@H](C)N)no2)C=C1C(F)(F)F. The lowest BCUT2D eigenvalue weighted by Gasteiger charge is -2.31. The highest BCUT2D eigenvalue weighted by Crippen LogP contribution is 2.37. The highest BCUT2D eigenvalue weighted by Gasteiger charge is 2.40. The zero-order valence-electron chi connectivity index (χ0n) is 13.0. The molecule has 0 aliphatic heterocycles. The van der Waals surface area contributed by atoms with Crippen LogP contribution in [0, 0.1) is 0 Å². The van der Waals surface area contributed by atoms with Gasteiger partial charge in [-0.15, -0.1) is 0 Å². The van der Waals surface area contributed by atoms with Crippen molar-refractivity contribution in [3.05, 3.63) is 40.8 Å². The van der Waals surface area contributed by atoms with Crippen molar-refractivity contribution >= 4 is 5.91 Å². The number of hydrogen-bond acceptors (Lipinski definition) is 4. The maximum atomic E-state index is 13.0. The quantitative estimate of drug-likeness (QED) is 0.893. The van der Waals surface area contributed by atoms with Gasteiger partial charge in [-0.1, -0.05) is 11.2 Å². The summed E-state index contributed by atoms with van der Waals surface area (Å²) in [4.78, 5) is 12.2. The molecule has 23 heavy (non-hydrogen) atoms. The fraction of sp³-hybridized carbons (Fsp3) is 0.467. The van der Waals surface area contributed by atoms with E-state index in [-0.39, 0.29) is 17.8 Å². The molecule has 0 saturated heterocycles. The van der Waals surface area contributed by atoms with Crippen molar-refractivity contribution in [3.63, 3.8) is 0 Å². The number of carbonyl (C=O) groups is 1. The first-order chi connectivity index (χ1) is 10.5. The number of halogens is 3. The lowest BCUT2D eigenvalue weighted by molar-refractivity contribution is -0.0903. The van der Waals surface area contributed by atoms with Gasteiger partial charge in [0.05, 0.1) is 11.1 Å². The second-order valence-corrected chi connectivity index (χ2v) is 5.92. The van der Waals surface area contributed by atoms with E-state index in [2.05, 4.69) is 10.5 Å². The van der Waals surface area contributed by atoms with Crippen LogP contribution in [0.15, 0.2) is 33.9 Å². The van der Waals surface area contributed by atoms with Crippen molar-refractivity contribution in [2.75, 3.05) is 0 Å². The molecule has 8 heteroatoms. The van der Waals surface area contributed by atoms with Crippen LogP contribution >= 0.6 is 0 Å². The molecule has 0 radical (unpaired) electrons. The number of nitrogens with two attached hydrogens (primary N) is 1. The number of rotatable bonds is 3. The first-order valence-corrected chi connectivity index (χ1v) is 7.04. The standard InChI is InChI=1S/C15H18F3N3O2/c1-8-4-5-14(3,7-10(8)15(16,17)18)20-13(22)12-6-11(9(2)19)21-23-12/h4,6-7,9H,5,19H2,1-3H3,(H,20,22)/t9-,14?/m0/s1. The Labute approximate surface area is 131 Å². The predicted molar refractivity (Wildman–Crippen MR) is 77.5 cm³/mol. The van der Waals surface area contributed by atoms with Crippen LogP contribution in [0.5, 0.6) is 0 Å². The highest BCUT2D eigenvalue weighted by molar-refractivity contribution is 5.92. The molecule has 0 saturated carbocycles. The van der Waals surface area contributed by atoms with E-state index >= 15 is 0 Å². The van der Waals surface area contributed by atoms with Crippen LogP contribution in [0.3, 0.4) is 0 Å². The fourth-order valence-corrected chi connectivity index (χ4v) is 2.29. The Morgan fingerprint density at radius 1 is 1.52 bits per heavy atom. The van der Waals surface area contributed by atoms with Gasteiger partial charge in [-0.05, 0) is 38.8 Å². The summed E-state index contributed by atoms with van der Waals surface area (Å²) < 4.78 is 44.0. The topological polar surface area (TPSA) is 81.2 Å². The van der Waals surface area contributed by atoms with Gasteiger partial charge in [0.1, 0.15) is 5.69 Å². The predicted octanol–water partition coefficient (Wildman–Crippen LogP) is 3.02. The fourth-order valence-electron chi connectivity index (χ4n) is 2.29. The average molecular weight is 329 g/mol. The highest BCUT2D eigenvalue weighted by atomic mass is 19.4. The van der Waals surface area contributed by atoms with Gasteiger partial charge in [-0.2, -0.15) is 13.2 Å². The second kappa shape index (κ2) is 5.84. The van der Waals surface area contributed by atoms with Crippen molar-refractivity contribution in [2.45, 2.75) is 44.9 Å². The third-order valence-corrected chi connectivity index (χ3v) is 3.64. The van der Waals surface area contributed by atoms with E-state index in [4.69, 9.17) is 10.3 Å². The Hall–Kier alpha value is -2.09. The molecular formula is C15H18F3N3O2. The molecular weight excluding hydrogens is 311 g/mol. The number of nitrogens with one attached hydrogen (secondary N) is 1. The van der Waals surface area contributed by atoms with E-state index < -0.39 is 29.2 Å². The van der Waals surface area contributed by atoms with Gasteiger partial charge in [0.25, 0.3) is 5.91 Å². The van der Waals surface area contributed by atoms with E-state index in [1.54, 1.807) is 6.92 Å². The van der Waals surface area contributed by atoms with Crippen molar-refractivity contribution in [1.82, 2.24) is 10.5 Å². The van der Waals surface area contributed by atoms with Crippen LogP contribution in [0.25, 0.3) is 0 Å². The van der Waals surface area contributed by atoms with Gasteiger partial charge in [0.15, 0.2) is 0 Å². The molecule has 1 amide bonds. The van der Waals surface area contributed by atoms with Crippen molar-refractivity contribution in [1.29, 1.82) is 0 Å². The monoisotopic (exact) mass is 329 g/mol. The number of carbonyl (C=O) groups excluding carboxylic acids is 1. The van der Waals surface area contributed by atoms with E-state index in [0.717, 1.165) is 6.08 Å². The summed E-state index contributed by atoms with van der Waals surface area (Å²) in [6, 6.07) is 0.967. The first kappa shape index (κ1) is 17.3. The molecule has 0 aromatic carbocycles. The van der Waals surface area contributed by atoms with E-state index in [0.29, 0.717) is 5.69 Å². The third-order valence-electron chi connectivity index (χ3n) is 3.64. The summed E-state index contributed by atoms with van der Waals surface area (Å²) in [5.41, 5.74) is 4.25. The van der Waals surface area contributed by atoms with Gasteiger partial charge >= 0.3 is 6.18 Å². The minimum absolute atomic E-state index is 0.0910. The minimum atomic E-state index is -4.47. The van der Waals surface area contributed by atoms with Crippen molar-refractivity contribution < 1.29 is 22.5 Å². The molecule has 0 fully saturated rings. The Balaban J connectivity index is 2.21. The Morgan fingerprint density at radius 3 is 2.70 bits per heavy atom. The number of nitrogens with zero attached hydrogens (tertiary/aromatic N) is 1. The lowest BCUT2D eigenvalue weighted by Crippen LogP contribution is -2.46. The maximum absolute atomic E-state index is 13.0. The number of hydrogen-bond donors (Lipinski definition) is 2. The van der Waals surface area contributed by atoms with Gasteiger partial charge in [-0.3, -0.25) is 4.79 Å². The maximum Gasteiger partial charge on any atom is 0.416 e.